The van der Waals surface area contributed by atoms with Crippen LogP contribution in [0, 0.1) is 10.1 Å². The summed E-state index contributed by atoms with van der Waals surface area (Å²) < 4.78 is 5.39. The number of anilines is 1. The Balaban J connectivity index is 0.00000364. The lowest BCUT2D eigenvalue weighted by Gasteiger charge is -2.12. The Morgan fingerprint density at radius 1 is 1.22 bits per heavy atom. The molecule has 148 valence electrons. The topological polar surface area (TPSA) is 101 Å². The van der Waals surface area contributed by atoms with Crippen LogP contribution in [-0.2, 0) is 0 Å². The van der Waals surface area contributed by atoms with Crippen LogP contribution in [0.5, 0.6) is 5.75 Å². The molecule has 0 bridgehead atoms. The number of ether oxygens (including phenoxy) is 1. The number of quaternary nitrogens is 1. The summed E-state index contributed by atoms with van der Waals surface area (Å²) in [6.07, 6.45) is -0.696. The number of para-hydroxylation sites is 1. The van der Waals surface area contributed by atoms with E-state index in [2.05, 4.69) is 5.32 Å². The van der Waals surface area contributed by atoms with Crippen LogP contribution in [0.3, 0.4) is 0 Å². The Labute approximate surface area is 173 Å². The maximum atomic E-state index is 10.7. The Hall–Kier alpha value is -1.77. The van der Waals surface area contributed by atoms with E-state index in [1.54, 1.807) is 24.3 Å². The van der Waals surface area contributed by atoms with Gasteiger partial charge in [0.2, 0.25) is 0 Å². The molecular weight excluding hydrogens is 417 g/mol. The molecule has 0 aromatic heterocycles. The van der Waals surface area contributed by atoms with E-state index in [0.29, 0.717) is 41.1 Å². The van der Waals surface area contributed by atoms with Crippen molar-refractivity contribution >= 4 is 34.6 Å². The maximum absolute atomic E-state index is 10.7. The molecule has 2 rings (SSSR count). The van der Waals surface area contributed by atoms with Gasteiger partial charge in [0.25, 0.3) is 5.69 Å². The number of aliphatic hydroxyl groups excluding tert-OH is 1. The van der Waals surface area contributed by atoms with Gasteiger partial charge in [-0.1, -0.05) is 35.3 Å². The fraction of sp³-hybridized carbons (Fsp3) is 0.294. The average molecular weight is 437 g/mol. The lowest BCUT2D eigenvalue weighted by atomic mass is 10.3. The first-order valence-electron chi connectivity index (χ1n) is 8.02. The lowest BCUT2D eigenvalue weighted by molar-refractivity contribution is -0.658. The summed E-state index contributed by atoms with van der Waals surface area (Å²) in [6.45, 7) is 1.83. The molecule has 0 saturated carbocycles. The number of nitro benzene ring substituents is 1. The predicted molar refractivity (Wildman–Crippen MR) is 101 cm³/mol. The van der Waals surface area contributed by atoms with Gasteiger partial charge >= 0.3 is 0 Å². The van der Waals surface area contributed by atoms with Gasteiger partial charge in [-0.3, -0.25) is 10.1 Å². The van der Waals surface area contributed by atoms with Crippen LogP contribution in [-0.4, -0.2) is 42.4 Å². The molecule has 7 nitrogen and oxygen atoms in total. The molecule has 0 radical (unpaired) electrons. The van der Waals surface area contributed by atoms with E-state index >= 15 is 0 Å². The minimum atomic E-state index is -0.696. The number of nitrogens with one attached hydrogen (secondary N) is 1. The van der Waals surface area contributed by atoms with Crippen LogP contribution in [0.4, 0.5) is 11.4 Å². The van der Waals surface area contributed by atoms with Crippen LogP contribution in [0.1, 0.15) is 0 Å². The van der Waals surface area contributed by atoms with Crippen molar-refractivity contribution in [2.24, 2.45) is 0 Å². The Bertz CT molecular complexity index is 729. The molecule has 0 saturated heterocycles. The Morgan fingerprint density at radius 3 is 2.56 bits per heavy atom. The van der Waals surface area contributed by atoms with Crippen LogP contribution >= 0.6 is 23.2 Å². The number of nitro groups is 1. The lowest BCUT2D eigenvalue weighted by Crippen LogP contribution is -3.00. The zero-order valence-electron chi connectivity index (χ0n) is 14.3. The van der Waals surface area contributed by atoms with Gasteiger partial charge < -0.3 is 32.9 Å². The highest BCUT2D eigenvalue weighted by Crippen LogP contribution is 2.29. The van der Waals surface area contributed by atoms with E-state index in [-0.39, 0.29) is 24.7 Å². The average Bonchev–Trinajstić information content (AvgIpc) is 2.62. The summed E-state index contributed by atoms with van der Waals surface area (Å²) in [5, 5.41) is 26.9. The summed E-state index contributed by atoms with van der Waals surface area (Å²) in [5.74, 6) is 0.355. The second-order valence-electron chi connectivity index (χ2n) is 5.56. The SMILES string of the molecule is O=[N+]([O-])c1cccc(OCC(O)C[NH2+]CCNc2c(Cl)cccc2Cl)c1.[Cl-]. The van der Waals surface area contributed by atoms with Crippen molar-refractivity contribution in [3.63, 3.8) is 0 Å². The first-order chi connectivity index (χ1) is 12.5. The highest BCUT2D eigenvalue weighted by Gasteiger charge is 2.10. The fourth-order valence-corrected chi connectivity index (χ4v) is 2.75. The second kappa shape index (κ2) is 11.8. The third kappa shape index (κ3) is 7.78. The van der Waals surface area contributed by atoms with Crippen LogP contribution in [0.25, 0.3) is 0 Å². The van der Waals surface area contributed by atoms with Crippen molar-refractivity contribution in [1.29, 1.82) is 0 Å². The molecule has 0 heterocycles. The zero-order valence-corrected chi connectivity index (χ0v) is 16.5. The molecule has 10 heteroatoms. The molecule has 0 aliphatic rings. The summed E-state index contributed by atoms with van der Waals surface area (Å²) in [4.78, 5) is 10.2. The number of hydrogen-bond donors (Lipinski definition) is 3. The van der Waals surface area contributed by atoms with Gasteiger partial charge in [0.15, 0.2) is 0 Å². The number of nitrogens with zero attached hydrogens (tertiary/aromatic N) is 1. The minimum absolute atomic E-state index is 0. The number of hydrogen-bond acceptors (Lipinski definition) is 5. The number of rotatable bonds is 10. The smallest absolute Gasteiger partial charge is 0.273 e. The normalized spacial score (nSPS) is 11.4. The number of halogens is 3. The number of benzene rings is 2. The summed E-state index contributed by atoms with van der Waals surface area (Å²) in [7, 11) is 0. The molecule has 1 atom stereocenters. The van der Waals surface area contributed by atoms with E-state index in [9.17, 15) is 15.2 Å². The van der Waals surface area contributed by atoms with Crippen molar-refractivity contribution in [1.82, 2.24) is 0 Å². The summed E-state index contributed by atoms with van der Waals surface area (Å²) in [6, 6.07) is 11.2. The van der Waals surface area contributed by atoms with Crippen molar-refractivity contribution < 1.29 is 32.5 Å². The van der Waals surface area contributed by atoms with E-state index in [1.807, 2.05) is 5.32 Å². The van der Waals surface area contributed by atoms with Crippen molar-refractivity contribution in [3.8, 4) is 5.75 Å². The fourth-order valence-electron chi connectivity index (χ4n) is 2.22. The quantitative estimate of drug-likeness (QED) is 0.260. The van der Waals surface area contributed by atoms with Crippen molar-refractivity contribution in [2.75, 3.05) is 31.6 Å². The van der Waals surface area contributed by atoms with Crippen molar-refractivity contribution in [3.05, 3.63) is 62.6 Å². The Morgan fingerprint density at radius 2 is 1.89 bits per heavy atom. The van der Waals surface area contributed by atoms with Gasteiger partial charge in [-0.15, -0.1) is 0 Å². The zero-order chi connectivity index (χ0) is 18.9. The molecule has 2 aromatic carbocycles. The van der Waals surface area contributed by atoms with Gasteiger partial charge in [-0.25, -0.2) is 0 Å². The van der Waals surface area contributed by atoms with Gasteiger partial charge in [0, 0.05) is 6.07 Å². The number of aliphatic hydroxyl groups is 1. The molecule has 1 unspecified atom stereocenters. The molecule has 27 heavy (non-hydrogen) atoms. The second-order valence-corrected chi connectivity index (χ2v) is 6.37. The molecule has 0 spiro atoms. The van der Waals surface area contributed by atoms with Gasteiger partial charge in [0.1, 0.15) is 25.0 Å². The number of non-ortho nitro benzene ring substituents is 1. The largest absolute Gasteiger partial charge is 1.00 e. The maximum Gasteiger partial charge on any atom is 0.273 e. The molecule has 0 aliphatic carbocycles. The van der Waals surface area contributed by atoms with E-state index in [4.69, 9.17) is 27.9 Å². The highest BCUT2D eigenvalue weighted by molar-refractivity contribution is 6.39. The monoisotopic (exact) mass is 435 g/mol. The predicted octanol–water partition coefficient (Wildman–Crippen LogP) is -0.679. The van der Waals surface area contributed by atoms with E-state index < -0.39 is 11.0 Å². The molecular formula is C17H20Cl3N3O4. The molecule has 0 amide bonds. The van der Waals surface area contributed by atoms with Gasteiger partial charge in [0.05, 0.1) is 39.8 Å². The molecule has 0 aliphatic heterocycles. The molecule has 4 N–H and O–H groups in total. The number of nitrogens with two attached hydrogens (primary N) is 1. The van der Waals surface area contributed by atoms with Gasteiger partial charge in [-0.2, -0.15) is 0 Å². The third-order valence-corrected chi connectivity index (χ3v) is 4.15. The first kappa shape index (κ1) is 23.3. The molecule has 0 fully saturated rings. The highest BCUT2D eigenvalue weighted by atomic mass is 35.5. The molecule has 2 aromatic rings. The van der Waals surface area contributed by atoms with Crippen LogP contribution in [0.2, 0.25) is 10.0 Å². The summed E-state index contributed by atoms with van der Waals surface area (Å²) >= 11 is 12.1. The standard InChI is InChI=1S/C17H19Cl2N3O4.ClH/c18-15-5-2-6-16(19)17(15)21-8-7-20-10-13(23)11-26-14-4-1-3-12(9-14)22(24)25;/h1-6,9,13,20-21,23H,7-8,10-11H2;1H. The van der Waals surface area contributed by atoms with Crippen LogP contribution in [0.15, 0.2) is 42.5 Å². The van der Waals surface area contributed by atoms with E-state index in [1.165, 1.54) is 18.2 Å². The van der Waals surface area contributed by atoms with Crippen molar-refractivity contribution in [2.45, 2.75) is 6.10 Å². The van der Waals surface area contributed by atoms with E-state index in [0.717, 1.165) is 0 Å². The first-order valence-corrected chi connectivity index (χ1v) is 8.78. The minimum Gasteiger partial charge on any atom is -1.00 e. The third-order valence-electron chi connectivity index (χ3n) is 3.52. The van der Waals surface area contributed by atoms with Gasteiger partial charge in [-0.05, 0) is 18.2 Å². The summed E-state index contributed by atoms with van der Waals surface area (Å²) in [5.41, 5.74) is 0.645. The van der Waals surface area contributed by atoms with Crippen LogP contribution < -0.4 is 27.8 Å². The Kier molecular flexibility index (Phi) is 10.2.